The van der Waals surface area contributed by atoms with Crippen LogP contribution in [0, 0.1) is 20.8 Å². The lowest BCUT2D eigenvalue weighted by molar-refractivity contribution is -0.120. The number of nitrogens with one attached hydrogen (secondary N) is 1. The van der Waals surface area contributed by atoms with Crippen LogP contribution in [0.2, 0.25) is 0 Å². The predicted molar refractivity (Wildman–Crippen MR) is 93.8 cm³/mol. The highest BCUT2D eigenvalue weighted by Crippen LogP contribution is 2.23. The summed E-state index contributed by atoms with van der Waals surface area (Å²) < 4.78 is 0. The average molecular weight is 310 g/mol. The summed E-state index contributed by atoms with van der Waals surface area (Å²) in [6.07, 6.45) is 0. The first-order valence-corrected chi connectivity index (χ1v) is 7.59. The fourth-order valence-electron chi connectivity index (χ4n) is 2.46. The molecule has 0 spiro atoms. The van der Waals surface area contributed by atoms with E-state index >= 15 is 0 Å². The van der Waals surface area contributed by atoms with Gasteiger partial charge in [0.1, 0.15) is 6.54 Å². The van der Waals surface area contributed by atoms with E-state index < -0.39 is 0 Å². The van der Waals surface area contributed by atoms with Crippen LogP contribution in [0.5, 0.6) is 0 Å². The molecule has 2 aromatic rings. The maximum Gasteiger partial charge on any atom is 0.244 e. The Kier molecular flexibility index (Phi) is 5.16. The summed E-state index contributed by atoms with van der Waals surface area (Å²) in [5, 5.41) is 2.84. The van der Waals surface area contributed by atoms with Crippen molar-refractivity contribution in [3.63, 3.8) is 0 Å². The first-order chi connectivity index (χ1) is 10.9. The molecule has 0 saturated heterocycles. The molecule has 0 saturated carbocycles. The number of hydrogen-bond acceptors (Lipinski definition) is 2. The standard InChI is InChI=1S/C19H22N2O2/c1-13-7-5-9-17(11-13)20-19(23)12-21(16(4)22)18-10-6-8-14(2)15(18)3/h5-11H,12H2,1-4H3,(H,20,23). The molecule has 0 radical (unpaired) electrons. The van der Waals surface area contributed by atoms with Crippen LogP contribution in [0.1, 0.15) is 23.6 Å². The van der Waals surface area contributed by atoms with Gasteiger partial charge in [-0.1, -0.05) is 24.3 Å². The number of carbonyl (C=O) groups is 2. The third kappa shape index (κ3) is 4.19. The summed E-state index contributed by atoms with van der Waals surface area (Å²) in [6, 6.07) is 13.3. The third-order valence-electron chi connectivity index (χ3n) is 3.85. The molecule has 0 heterocycles. The zero-order valence-electron chi connectivity index (χ0n) is 14.0. The smallest absolute Gasteiger partial charge is 0.244 e. The summed E-state index contributed by atoms with van der Waals surface area (Å²) in [5.74, 6) is -0.371. The largest absolute Gasteiger partial charge is 0.325 e. The average Bonchev–Trinajstić information content (AvgIpc) is 2.48. The van der Waals surface area contributed by atoms with E-state index in [0.29, 0.717) is 0 Å². The van der Waals surface area contributed by atoms with Crippen LogP contribution in [0.4, 0.5) is 11.4 Å². The van der Waals surface area contributed by atoms with Crippen LogP contribution in [0.15, 0.2) is 42.5 Å². The zero-order chi connectivity index (χ0) is 17.0. The maximum atomic E-state index is 12.3. The molecule has 2 rings (SSSR count). The highest BCUT2D eigenvalue weighted by molar-refractivity contribution is 6.02. The summed E-state index contributed by atoms with van der Waals surface area (Å²) in [7, 11) is 0. The van der Waals surface area contributed by atoms with E-state index in [-0.39, 0.29) is 18.4 Å². The van der Waals surface area contributed by atoms with Gasteiger partial charge >= 0.3 is 0 Å². The molecule has 0 atom stereocenters. The van der Waals surface area contributed by atoms with Gasteiger partial charge in [0.15, 0.2) is 0 Å². The molecule has 0 aliphatic carbocycles. The second-order valence-electron chi connectivity index (χ2n) is 5.74. The molecule has 1 N–H and O–H groups in total. The van der Waals surface area contributed by atoms with Crippen LogP contribution >= 0.6 is 0 Å². The topological polar surface area (TPSA) is 49.4 Å². The normalized spacial score (nSPS) is 10.3. The predicted octanol–water partition coefficient (Wildman–Crippen LogP) is 3.60. The number of hydrogen-bond donors (Lipinski definition) is 1. The minimum Gasteiger partial charge on any atom is -0.325 e. The number of carbonyl (C=O) groups excluding carboxylic acids is 2. The van der Waals surface area contributed by atoms with Crippen molar-refractivity contribution in [3.05, 3.63) is 59.2 Å². The van der Waals surface area contributed by atoms with Crippen molar-refractivity contribution in [3.8, 4) is 0 Å². The molecule has 4 nitrogen and oxygen atoms in total. The SMILES string of the molecule is CC(=O)N(CC(=O)Nc1cccc(C)c1)c1cccc(C)c1C. The maximum absolute atomic E-state index is 12.3. The van der Waals surface area contributed by atoms with E-state index in [0.717, 1.165) is 28.1 Å². The molecular formula is C19H22N2O2. The fourth-order valence-corrected chi connectivity index (χ4v) is 2.46. The molecule has 0 aromatic heterocycles. The van der Waals surface area contributed by atoms with Crippen molar-refractivity contribution in [2.75, 3.05) is 16.8 Å². The molecule has 23 heavy (non-hydrogen) atoms. The van der Waals surface area contributed by atoms with Gasteiger partial charge in [-0.25, -0.2) is 0 Å². The molecule has 120 valence electrons. The molecular weight excluding hydrogens is 288 g/mol. The molecule has 0 aliphatic heterocycles. The monoisotopic (exact) mass is 310 g/mol. The quantitative estimate of drug-likeness (QED) is 0.938. The number of amides is 2. The number of anilines is 2. The van der Waals surface area contributed by atoms with Gasteiger partial charge in [-0.05, 0) is 55.7 Å². The van der Waals surface area contributed by atoms with E-state index in [4.69, 9.17) is 0 Å². The molecule has 0 bridgehead atoms. The van der Waals surface area contributed by atoms with E-state index in [1.165, 1.54) is 11.8 Å². The van der Waals surface area contributed by atoms with Crippen LogP contribution in [-0.4, -0.2) is 18.4 Å². The van der Waals surface area contributed by atoms with Crippen molar-refractivity contribution in [1.29, 1.82) is 0 Å². The molecule has 0 aliphatic rings. The van der Waals surface area contributed by atoms with Crippen LogP contribution < -0.4 is 10.2 Å². The van der Waals surface area contributed by atoms with E-state index in [1.54, 1.807) is 0 Å². The first-order valence-electron chi connectivity index (χ1n) is 7.59. The lowest BCUT2D eigenvalue weighted by Crippen LogP contribution is -2.37. The van der Waals surface area contributed by atoms with Crippen LogP contribution in [0.25, 0.3) is 0 Å². The van der Waals surface area contributed by atoms with E-state index in [9.17, 15) is 9.59 Å². The Bertz CT molecular complexity index is 738. The van der Waals surface area contributed by atoms with Crippen LogP contribution in [0.3, 0.4) is 0 Å². The lowest BCUT2D eigenvalue weighted by atomic mass is 10.1. The van der Waals surface area contributed by atoms with Crippen molar-refractivity contribution in [2.45, 2.75) is 27.7 Å². The summed E-state index contributed by atoms with van der Waals surface area (Å²) in [6.45, 7) is 7.38. The Morgan fingerprint density at radius 2 is 1.74 bits per heavy atom. The Morgan fingerprint density at radius 1 is 1.04 bits per heavy atom. The summed E-state index contributed by atoms with van der Waals surface area (Å²) >= 11 is 0. The van der Waals surface area contributed by atoms with Gasteiger partial charge in [0.2, 0.25) is 11.8 Å². The van der Waals surface area contributed by atoms with Crippen molar-refractivity contribution < 1.29 is 9.59 Å². The zero-order valence-corrected chi connectivity index (χ0v) is 14.0. The first kappa shape index (κ1) is 16.7. The highest BCUT2D eigenvalue weighted by Gasteiger charge is 2.18. The van der Waals surface area contributed by atoms with Gasteiger partial charge in [-0.2, -0.15) is 0 Å². The van der Waals surface area contributed by atoms with Crippen LogP contribution in [-0.2, 0) is 9.59 Å². The van der Waals surface area contributed by atoms with Gasteiger partial charge in [0, 0.05) is 18.3 Å². The Balaban J connectivity index is 2.18. The summed E-state index contributed by atoms with van der Waals surface area (Å²) in [4.78, 5) is 25.8. The Hall–Kier alpha value is -2.62. The molecule has 4 heteroatoms. The van der Waals surface area contributed by atoms with Gasteiger partial charge < -0.3 is 10.2 Å². The molecule has 0 unspecified atom stereocenters. The third-order valence-corrected chi connectivity index (χ3v) is 3.85. The van der Waals surface area contributed by atoms with Gasteiger partial charge in [0.25, 0.3) is 0 Å². The van der Waals surface area contributed by atoms with Crippen molar-refractivity contribution in [2.24, 2.45) is 0 Å². The molecule has 2 amide bonds. The minimum absolute atomic E-state index is 0.00638. The Labute approximate surface area is 137 Å². The second kappa shape index (κ2) is 7.09. The minimum atomic E-state index is -0.216. The van der Waals surface area contributed by atoms with Gasteiger partial charge in [0.05, 0.1) is 0 Å². The molecule has 0 fully saturated rings. The number of aryl methyl sites for hydroxylation is 2. The fraction of sp³-hybridized carbons (Fsp3) is 0.263. The van der Waals surface area contributed by atoms with E-state index in [1.807, 2.05) is 63.2 Å². The number of nitrogens with zero attached hydrogens (tertiary/aromatic N) is 1. The summed E-state index contributed by atoms with van der Waals surface area (Å²) in [5.41, 5.74) is 4.68. The van der Waals surface area contributed by atoms with Crippen molar-refractivity contribution >= 4 is 23.2 Å². The number of rotatable bonds is 4. The van der Waals surface area contributed by atoms with E-state index in [2.05, 4.69) is 5.32 Å². The number of benzene rings is 2. The molecule has 2 aromatic carbocycles. The van der Waals surface area contributed by atoms with Gasteiger partial charge in [-0.15, -0.1) is 0 Å². The lowest BCUT2D eigenvalue weighted by Gasteiger charge is -2.23. The Morgan fingerprint density at radius 3 is 2.39 bits per heavy atom. The van der Waals surface area contributed by atoms with Crippen molar-refractivity contribution in [1.82, 2.24) is 0 Å². The van der Waals surface area contributed by atoms with Gasteiger partial charge in [-0.3, -0.25) is 9.59 Å². The second-order valence-corrected chi connectivity index (χ2v) is 5.74. The highest BCUT2D eigenvalue weighted by atomic mass is 16.2.